The van der Waals surface area contributed by atoms with Crippen LogP contribution in [0.2, 0.25) is 10.0 Å². The van der Waals surface area contributed by atoms with Gasteiger partial charge in [0.05, 0.1) is 21.4 Å². The van der Waals surface area contributed by atoms with E-state index in [1.165, 1.54) is 0 Å². The van der Waals surface area contributed by atoms with Crippen LogP contribution in [0, 0.1) is 0 Å². The predicted molar refractivity (Wildman–Crippen MR) is 102 cm³/mol. The van der Waals surface area contributed by atoms with Crippen molar-refractivity contribution in [3.8, 4) is 5.69 Å². The molecule has 0 fully saturated rings. The summed E-state index contributed by atoms with van der Waals surface area (Å²) in [6.07, 6.45) is 0.338. The number of hydrogen-bond donors (Lipinski definition) is 2. The van der Waals surface area contributed by atoms with Gasteiger partial charge in [0.15, 0.2) is 0 Å². The molecule has 0 saturated carbocycles. The third-order valence-corrected chi connectivity index (χ3v) is 4.43. The Hall–Kier alpha value is -2.05. The smallest absolute Gasteiger partial charge is 0.303 e. The van der Waals surface area contributed by atoms with Crippen LogP contribution < -0.4 is 5.32 Å². The number of nitrogens with one attached hydrogen (secondary N) is 1. The van der Waals surface area contributed by atoms with Gasteiger partial charge in [0.25, 0.3) is 0 Å². The van der Waals surface area contributed by atoms with Gasteiger partial charge >= 0.3 is 5.97 Å². The Bertz CT molecular complexity index is 826. The molecule has 1 heterocycles. The number of anilines is 1. The zero-order valence-corrected chi connectivity index (χ0v) is 16.4. The Morgan fingerprint density at radius 1 is 1.15 bits per heavy atom. The molecule has 1 aromatic heterocycles. The van der Waals surface area contributed by atoms with Crippen LogP contribution in [0.15, 0.2) is 24.3 Å². The monoisotopic (exact) mass is 397 g/mol. The average molecular weight is 398 g/mol. The standard InChI is InChI=1S/C18H21Cl2N3O3/c1-18(2,3)14-10-15(21-16(24)5-4-6-17(25)26)23(22-14)11-7-8-12(19)13(20)9-11/h7-10H,4-6H2,1-3H3,(H,21,24)(H,25,26). The summed E-state index contributed by atoms with van der Waals surface area (Å²) in [6.45, 7) is 6.06. The fourth-order valence-corrected chi connectivity index (χ4v) is 2.55. The van der Waals surface area contributed by atoms with Crippen molar-refractivity contribution in [3.05, 3.63) is 40.0 Å². The van der Waals surface area contributed by atoms with Gasteiger partial charge in [-0.2, -0.15) is 5.10 Å². The predicted octanol–water partition coefficient (Wildman–Crippen LogP) is 4.67. The number of nitrogens with zero attached hydrogens (tertiary/aromatic N) is 2. The second-order valence-corrected chi connectivity index (χ2v) is 7.78. The minimum absolute atomic E-state index is 0.0489. The molecule has 26 heavy (non-hydrogen) atoms. The van der Waals surface area contributed by atoms with Crippen LogP contribution in [0.5, 0.6) is 0 Å². The van der Waals surface area contributed by atoms with Gasteiger partial charge in [-0.3, -0.25) is 9.59 Å². The van der Waals surface area contributed by atoms with Gasteiger partial charge in [-0.15, -0.1) is 0 Å². The molecule has 0 saturated heterocycles. The third kappa shape index (κ3) is 5.22. The number of aromatic nitrogens is 2. The zero-order valence-electron chi connectivity index (χ0n) is 14.8. The quantitative estimate of drug-likeness (QED) is 0.741. The molecule has 0 atom stereocenters. The van der Waals surface area contributed by atoms with Gasteiger partial charge in [-0.1, -0.05) is 44.0 Å². The second-order valence-electron chi connectivity index (χ2n) is 6.97. The van der Waals surface area contributed by atoms with E-state index in [4.69, 9.17) is 28.3 Å². The first-order chi connectivity index (χ1) is 12.1. The molecule has 0 unspecified atom stereocenters. The van der Waals surface area contributed by atoms with E-state index in [0.29, 0.717) is 21.6 Å². The lowest BCUT2D eigenvalue weighted by molar-refractivity contribution is -0.137. The summed E-state index contributed by atoms with van der Waals surface area (Å²) in [7, 11) is 0. The van der Waals surface area contributed by atoms with Crippen LogP contribution in [0.1, 0.15) is 45.7 Å². The molecule has 2 N–H and O–H groups in total. The van der Waals surface area contributed by atoms with Gasteiger partial charge < -0.3 is 10.4 Å². The number of carboxylic acid groups (broad SMARTS) is 1. The summed E-state index contributed by atoms with van der Waals surface area (Å²) in [5.41, 5.74) is 1.24. The van der Waals surface area contributed by atoms with Gasteiger partial charge in [-0.05, 0) is 24.6 Å². The fourth-order valence-electron chi connectivity index (χ4n) is 2.26. The molecule has 2 aromatic rings. The molecule has 6 nitrogen and oxygen atoms in total. The first-order valence-corrected chi connectivity index (χ1v) is 8.91. The SMILES string of the molecule is CC(C)(C)c1cc(NC(=O)CCCC(=O)O)n(-c2ccc(Cl)c(Cl)c2)n1. The molecule has 140 valence electrons. The highest BCUT2D eigenvalue weighted by Gasteiger charge is 2.21. The number of amides is 1. The first-order valence-electron chi connectivity index (χ1n) is 8.15. The Labute approximate surface area is 162 Å². The van der Waals surface area contributed by atoms with E-state index in [0.717, 1.165) is 5.69 Å². The minimum Gasteiger partial charge on any atom is -0.481 e. The molecule has 2 rings (SSSR count). The maximum Gasteiger partial charge on any atom is 0.303 e. The number of carbonyl (C=O) groups excluding carboxylic acids is 1. The molecule has 0 aliphatic heterocycles. The van der Waals surface area contributed by atoms with E-state index in [1.54, 1.807) is 28.9 Å². The molecular formula is C18H21Cl2N3O3. The number of halogens is 2. The zero-order chi connectivity index (χ0) is 19.5. The Balaban J connectivity index is 2.31. The molecule has 0 radical (unpaired) electrons. The Kier molecular flexibility index (Phi) is 6.31. The topological polar surface area (TPSA) is 84.2 Å². The van der Waals surface area contributed by atoms with Gasteiger partial charge in [0, 0.05) is 24.3 Å². The number of benzene rings is 1. The van der Waals surface area contributed by atoms with Crippen LogP contribution in [-0.4, -0.2) is 26.8 Å². The molecule has 0 spiro atoms. The number of hydrogen-bond acceptors (Lipinski definition) is 3. The van der Waals surface area contributed by atoms with Crippen molar-refractivity contribution in [2.75, 3.05) is 5.32 Å². The van der Waals surface area contributed by atoms with Crippen molar-refractivity contribution in [1.82, 2.24) is 9.78 Å². The number of carbonyl (C=O) groups is 2. The van der Waals surface area contributed by atoms with Crippen molar-refractivity contribution in [2.45, 2.75) is 45.4 Å². The van der Waals surface area contributed by atoms with Gasteiger partial charge in [0.2, 0.25) is 5.91 Å². The lowest BCUT2D eigenvalue weighted by Gasteiger charge is -2.14. The first kappa shape index (κ1) is 20.3. The summed E-state index contributed by atoms with van der Waals surface area (Å²) >= 11 is 12.1. The summed E-state index contributed by atoms with van der Waals surface area (Å²) in [5.74, 6) is -0.699. The van der Waals surface area contributed by atoms with Crippen LogP contribution >= 0.6 is 23.2 Å². The average Bonchev–Trinajstić information content (AvgIpc) is 2.93. The summed E-state index contributed by atoms with van der Waals surface area (Å²) in [5, 5.41) is 16.9. The number of carboxylic acids is 1. The Morgan fingerprint density at radius 3 is 2.42 bits per heavy atom. The third-order valence-electron chi connectivity index (χ3n) is 3.69. The van der Waals surface area contributed by atoms with E-state index in [1.807, 2.05) is 20.8 Å². The van der Waals surface area contributed by atoms with Crippen molar-refractivity contribution < 1.29 is 14.7 Å². The van der Waals surface area contributed by atoms with E-state index in [2.05, 4.69) is 10.4 Å². The van der Waals surface area contributed by atoms with Crippen molar-refractivity contribution in [2.24, 2.45) is 0 Å². The lowest BCUT2D eigenvalue weighted by atomic mass is 9.92. The molecule has 1 amide bonds. The maximum atomic E-state index is 12.2. The molecule has 0 aliphatic rings. The molecule has 1 aromatic carbocycles. The molecule has 8 heteroatoms. The number of rotatable bonds is 6. The highest BCUT2D eigenvalue weighted by atomic mass is 35.5. The summed E-state index contributed by atoms with van der Waals surface area (Å²) < 4.78 is 1.60. The van der Waals surface area contributed by atoms with E-state index in [9.17, 15) is 9.59 Å². The van der Waals surface area contributed by atoms with Crippen LogP contribution in [-0.2, 0) is 15.0 Å². The summed E-state index contributed by atoms with van der Waals surface area (Å²) in [6, 6.07) is 6.89. The second kappa shape index (κ2) is 8.10. The van der Waals surface area contributed by atoms with E-state index >= 15 is 0 Å². The van der Waals surface area contributed by atoms with Crippen molar-refractivity contribution >= 4 is 40.9 Å². The normalized spacial score (nSPS) is 11.4. The summed E-state index contributed by atoms with van der Waals surface area (Å²) in [4.78, 5) is 22.7. The minimum atomic E-state index is -0.923. The fraction of sp³-hybridized carbons (Fsp3) is 0.389. The van der Waals surface area contributed by atoms with Crippen LogP contribution in [0.25, 0.3) is 5.69 Å². The highest BCUT2D eigenvalue weighted by molar-refractivity contribution is 6.42. The van der Waals surface area contributed by atoms with E-state index < -0.39 is 5.97 Å². The van der Waals surface area contributed by atoms with Gasteiger partial charge in [0.1, 0.15) is 5.82 Å². The van der Waals surface area contributed by atoms with Crippen LogP contribution in [0.3, 0.4) is 0 Å². The maximum absolute atomic E-state index is 12.2. The van der Waals surface area contributed by atoms with E-state index in [-0.39, 0.29) is 30.6 Å². The number of aliphatic carboxylic acids is 1. The highest BCUT2D eigenvalue weighted by Crippen LogP contribution is 2.29. The lowest BCUT2D eigenvalue weighted by Crippen LogP contribution is -2.15. The van der Waals surface area contributed by atoms with Crippen molar-refractivity contribution in [3.63, 3.8) is 0 Å². The molecule has 0 bridgehead atoms. The van der Waals surface area contributed by atoms with Crippen molar-refractivity contribution in [1.29, 1.82) is 0 Å². The molecule has 0 aliphatic carbocycles. The Morgan fingerprint density at radius 2 is 1.85 bits per heavy atom. The largest absolute Gasteiger partial charge is 0.481 e. The van der Waals surface area contributed by atoms with Gasteiger partial charge in [-0.25, -0.2) is 4.68 Å². The molecular weight excluding hydrogens is 377 g/mol. The van der Waals surface area contributed by atoms with Crippen LogP contribution in [0.4, 0.5) is 5.82 Å².